The number of hydrogen-bond acceptors (Lipinski definition) is 3. The predicted molar refractivity (Wildman–Crippen MR) is 75.5 cm³/mol. The molecule has 98 valence electrons. The van der Waals surface area contributed by atoms with Gasteiger partial charge in [-0.2, -0.15) is 5.10 Å². The van der Waals surface area contributed by atoms with E-state index in [0.717, 1.165) is 18.8 Å². The van der Waals surface area contributed by atoms with Crippen LogP contribution in [0.3, 0.4) is 0 Å². The largest absolute Gasteiger partial charge is 0.507 e. The molecule has 2 heterocycles. The average molecular weight is 263 g/mol. The van der Waals surface area contributed by atoms with Crippen LogP contribution in [0.5, 0.6) is 5.75 Å². The van der Waals surface area contributed by atoms with Crippen LogP contribution in [-0.2, 0) is 13.0 Å². The summed E-state index contributed by atoms with van der Waals surface area (Å²) in [6.45, 7) is 0.742. The van der Waals surface area contributed by atoms with Crippen molar-refractivity contribution >= 4 is 0 Å². The van der Waals surface area contributed by atoms with Gasteiger partial charge in [-0.1, -0.05) is 36.4 Å². The van der Waals surface area contributed by atoms with Gasteiger partial charge in [-0.05, 0) is 23.3 Å². The number of rotatable bonds is 1. The van der Waals surface area contributed by atoms with Crippen molar-refractivity contribution < 1.29 is 5.11 Å². The first-order valence-corrected chi connectivity index (χ1v) is 6.60. The Bertz CT molecular complexity index is 749. The lowest BCUT2D eigenvalue weighted by molar-refractivity contribution is 0.477. The molecule has 0 unspecified atom stereocenters. The molecular formula is C16H13N3O. The van der Waals surface area contributed by atoms with Crippen LogP contribution < -0.4 is 0 Å². The molecular weight excluding hydrogens is 250 g/mol. The zero-order valence-corrected chi connectivity index (χ0v) is 10.8. The van der Waals surface area contributed by atoms with Crippen LogP contribution in [-0.4, -0.2) is 19.9 Å². The maximum atomic E-state index is 9.91. The highest BCUT2D eigenvalue weighted by atomic mass is 16.3. The molecule has 4 rings (SSSR count). The van der Waals surface area contributed by atoms with Crippen molar-refractivity contribution in [3.63, 3.8) is 0 Å². The first-order chi connectivity index (χ1) is 9.81. The third-order valence-corrected chi connectivity index (χ3v) is 3.68. The second kappa shape index (κ2) is 4.20. The van der Waals surface area contributed by atoms with Crippen molar-refractivity contribution in [1.82, 2.24) is 14.8 Å². The molecule has 0 saturated carbocycles. The van der Waals surface area contributed by atoms with Crippen LogP contribution in [0.2, 0.25) is 0 Å². The molecule has 4 nitrogen and oxygen atoms in total. The Morgan fingerprint density at radius 1 is 0.950 bits per heavy atom. The Morgan fingerprint density at radius 2 is 1.70 bits per heavy atom. The van der Waals surface area contributed by atoms with E-state index in [1.165, 1.54) is 11.1 Å². The van der Waals surface area contributed by atoms with E-state index in [2.05, 4.69) is 28.3 Å². The highest BCUT2D eigenvalue weighted by Crippen LogP contribution is 2.28. The van der Waals surface area contributed by atoms with E-state index in [-0.39, 0.29) is 5.75 Å². The molecule has 0 spiro atoms. The van der Waals surface area contributed by atoms with E-state index in [9.17, 15) is 5.11 Å². The molecule has 20 heavy (non-hydrogen) atoms. The number of phenolic OH excluding ortho intramolecular Hbond substituents is 1. The van der Waals surface area contributed by atoms with Gasteiger partial charge < -0.3 is 5.11 Å². The first-order valence-electron chi connectivity index (χ1n) is 6.60. The summed E-state index contributed by atoms with van der Waals surface area (Å²) in [4.78, 5) is 4.57. The topological polar surface area (TPSA) is 50.9 Å². The Morgan fingerprint density at radius 3 is 2.55 bits per heavy atom. The van der Waals surface area contributed by atoms with E-state index in [1.54, 1.807) is 12.1 Å². The fraction of sp³-hybridized carbons (Fsp3) is 0.125. The lowest BCUT2D eigenvalue weighted by Gasteiger charge is -2.15. The Hall–Kier alpha value is -2.62. The average Bonchev–Trinajstić information content (AvgIpc) is 2.87. The van der Waals surface area contributed by atoms with Crippen molar-refractivity contribution in [1.29, 1.82) is 0 Å². The fourth-order valence-electron chi connectivity index (χ4n) is 2.62. The van der Waals surface area contributed by atoms with Crippen molar-refractivity contribution in [2.75, 3.05) is 0 Å². The van der Waals surface area contributed by atoms with E-state index < -0.39 is 0 Å². The molecule has 1 aliphatic heterocycles. The number of benzene rings is 2. The van der Waals surface area contributed by atoms with Crippen LogP contribution in [0.15, 0.2) is 48.5 Å². The molecule has 2 aromatic carbocycles. The summed E-state index contributed by atoms with van der Waals surface area (Å²) >= 11 is 0. The smallest absolute Gasteiger partial charge is 0.185 e. The van der Waals surface area contributed by atoms with Crippen molar-refractivity contribution in [3.8, 4) is 17.1 Å². The highest BCUT2D eigenvalue weighted by Gasteiger charge is 2.19. The molecule has 0 radical (unpaired) electrons. The zero-order valence-electron chi connectivity index (χ0n) is 10.8. The predicted octanol–water partition coefficient (Wildman–Crippen LogP) is 2.60. The van der Waals surface area contributed by atoms with Gasteiger partial charge >= 0.3 is 0 Å². The minimum atomic E-state index is 0.216. The van der Waals surface area contributed by atoms with E-state index in [0.29, 0.717) is 11.4 Å². The monoisotopic (exact) mass is 263 g/mol. The van der Waals surface area contributed by atoms with Gasteiger partial charge in [0.1, 0.15) is 11.6 Å². The van der Waals surface area contributed by atoms with E-state index >= 15 is 0 Å². The second-order valence-corrected chi connectivity index (χ2v) is 4.97. The normalized spacial score (nSPS) is 12.8. The standard InChI is InChI=1S/C16H13N3O/c20-14-8-4-3-7-13(14)16-17-15-9-11-5-1-2-6-12(11)10-19(15)18-16/h1-8,20H,9-10H2. The van der Waals surface area contributed by atoms with Gasteiger partial charge in [-0.25, -0.2) is 9.67 Å². The van der Waals surface area contributed by atoms with Crippen LogP contribution in [0.4, 0.5) is 0 Å². The number of para-hydroxylation sites is 1. The maximum Gasteiger partial charge on any atom is 0.185 e. The molecule has 1 aliphatic rings. The second-order valence-electron chi connectivity index (χ2n) is 4.97. The summed E-state index contributed by atoms with van der Waals surface area (Å²) < 4.78 is 1.92. The molecule has 1 aromatic heterocycles. The fourth-order valence-corrected chi connectivity index (χ4v) is 2.62. The van der Waals surface area contributed by atoms with Crippen LogP contribution in [0, 0.1) is 0 Å². The summed E-state index contributed by atoms with van der Waals surface area (Å²) in [5.41, 5.74) is 3.27. The molecule has 0 amide bonds. The molecule has 0 atom stereocenters. The number of nitrogens with zero attached hydrogens (tertiary/aromatic N) is 3. The minimum Gasteiger partial charge on any atom is -0.507 e. The summed E-state index contributed by atoms with van der Waals surface area (Å²) in [7, 11) is 0. The SMILES string of the molecule is Oc1ccccc1-c1nc2n(n1)Cc1ccccc1C2. The molecule has 0 saturated heterocycles. The van der Waals surface area contributed by atoms with Gasteiger partial charge in [0.2, 0.25) is 0 Å². The van der Waals surface area contributed by atoms with Gasteiger partial charge in [0.15, 0.2) is 5.82 Å². The van der Waals surface area contributed by atoms with Gasteiger partial charge in [-0.15, -0.1) is 0 Å². The maximum absolute atomic E-state index is 9.91. The lowest BCUT2D eigenvalue weighted by atomic mass is 10.0. The number of aromatic hydroxyl groups is 1. The zero-order chi connectivity index (χ0) is 13.5. The summed E-state index contributed by atoms with van der Waals surface area (Å²) in [5, 5.41) is 14.4. The summed E-state index contributed by atoms with van der Waals surface area (Å²) in [6.07, 6.45) is 0.788. The number of fused-ring (bicyclic) bond motifs is 2. The van der Waals surface area contributed by atoms with Gasteiger partial charge in [0, 0.05) is 6.42 Å². The van der Waals surface area contributed by atoms with Crippen LogP contribution in [0.1, 0.15) is 17.0 Å². The molecule has 3 aromatic rings. The van der Waals surface area contributed by atoms with Gasteiger partial charge in [0.05, 0.1) is 12.1 Å². The molecule has 4 heteroatoms. The molecule has 0 aliphatic carbocycles. The third kappa shape index (κ3) is 1.69. The van der Waals surface area contributed by atoms with E-state index in [1.807, 2.05) is 22.9 Å². The quantitative estimate of drug-likeness (QED) is 0.574. The Kier molecular flexibility index (Phi) is 2.36. The third-order valence-electron chi connectivity index (χ3n) is 3.68. The van der Waals surface area contributed by atoms with Gasteiger partial charge in [0.25, 0.3) is 0 Å². The Balaban J connectivity index is 1.79. The summed E-state index contributed by atoms with van der Waals surface area (Å²) in [5.74, 6) is 1.75. The van der Waals surface area contributed by atoms with Crippen molar-refractivity contribution in [2.45, 2.75) is 13.0 Å². The van der Waals surface area contributed by atoms with Gasteiger partial charge in [-0.3, -0.25) is 0 Å². The van der Waals surface area contributed by atoms with Crippen molar-refractivity contribution in [3.05, 3.63) is 65.5 Å². The number of hydrogen-bond donors (Lipinski definition) is 1. The highest BCUT2D eigenvalue weighted by molar-refractivity contribution is 5.63. The Labute approximate surface area is 116 Å². The van der Waals surface area contributed by atoms with Crippen LogP contribution in [0.25, 0.3) is 11.4 Å². The molecule has 0 bridgehead atoms. The van der Waals surface area contributed by atoms with Crippen LogP contribution >= 0.6 is 0 Å². The minimum absolute atomic E-state index is 0.216. The first kappa shape index (κ1) is 11.2. The van der Waals surface area contributed by atoms with E-state index in [4.69, 9.17) is 0 Å². The van der Waals surface area contributed by atoms with Crippen molar-refractivity contribution in [2.24, 2.45) is 0 Å². The lowest BCUT2D eigenvalue weighted by Crippen LogP contribution is -2.15. The summed E-state index contributed by atoms with van der Waals surface area (Å²) in [6, 6.07) is 15.5. The number of aromatic nitrogens is 3. The number of phenols is 1. The molecule has 0 fully saturated rings. The molecule has 1 N–H and O–H groups in total.